The van der Waals surface area contributed by atoms with Gasteiger partial charge in [-0.25, -0.2) is 0 Å². The fourth-order valence-corrected chi connectivity index (χ4v) is 2.01. The first-order valence-electron chi connectivity index (χ1n) is 5.35. The maximum absolute atomic E-state index is 9.74. The molecule has 3 nitrogen and oxygen atoms in total. The molecule has 0 aliphatic rings. The molecule has 1 unspecified atom stereocenters. The van der Waals surface area contributed by atoms with E-state index in [4.69, 9.17) is 28.5 Å². The van der Waals surface area contributed by atoms with Crippen LogP contribution in [-0.4, -0.2) is 11.1 Å². The maximum Gasteiger partial charge on any atom is 0.138 e. The molecular weight excluding hydrogens is 259 g/mol. The van der Waals surface area contributed by atoms with Gasteiger partial charge in [0.25, 0.3) is 0 Å². The van der Waals surface area contributed by atoms with Crippen molar-refractivity contribution in [2.45, 2.75) is 32.4 Å². The molecule has 0 aliphatic carbocycles. The van der Waals surface area contributed by atoms with Gasteiger partial charge in [-0.3, -0.25) is 0 Å². The fraction of sp³-hybridized carbons (Fsp3) is 0.417. The van der Waals surface area contributed by atoms with Gasteiger partial charge in [0.1, 0.15) is 5.75 Å². The van der Waals surface area contributed by atoms with Gasteiger partial charge >= 0.3 is 0 Å². The lowest BCUT2D eigenvalue weighted by Crippen LogP contribution is -2.27. The Morgan fingerprint density at radius 2 is 2.18 bits per heavy atom. The second-order valence-electron chi connectivity index (χ2n) is 3.74. The van der Waals surface area contributed by atoms with Crippen molar-refractivity contribution < 1.29 is 5.11 Å². The minimum absolute atomic E-state index is 0.0374. The van der Waals surface area contributed by atoms with Crippen LogP contribution in [0.2, 0.25) is 10.0 Å². The number of benzene rings is 1. The molecule has 0 aliphatic heterocycles. The Balaban J connectivity index is 2.72. The highest BCUT2D eigenvalue weighted by Crippen LogP contribution is 2.31. The van der Waals surface area contributed by atoms with Crippen molar-refractivity contribution in [1.82, 2.24) is 5.32 Å². The van der Waals surface area contributed by atoms with Crippen molar-refractivity contribution in [2.24, 2.45) is 0 Å². The topological polar surface area (TPSA) is 56.0 Å². The van der Waals surface area contributed by atoms with Gasteiger partial charge < -0.3 is 10.4 Å². The molecule has 0 saturated heterocycles. The van der Waals surface area contributed by atoms with Crippen molar-refractivity contribution in [1.29, 1.82) is 5.26 Å². The van der Waals surface area contributed by atoms with Crippen LogP contribution in [-0.2, 0) is 6.54 Å². The van der Waals surface area contributed by atoms with Crippen LogP contribution in [0.1, 0.15) is 25.3 Å². The van der Waals surface area contributed by atoms with Crippen LogP contribution in [0.25, 0.3) is 0 Å². The maximum atomic E-state index is 9.74. The van der Waals surface area contributed by atoms with Gasteiger partial charge in [0, 0.05) is 23.2 Å². The molecule has 1 aromatic carbocycles. The number of rotatable bonds is 5. The molecule has 0 heterocycles. The molecule has 2 N–H and O–H groups in total. The smallest absolute Gasteiger partial charge is 0.138 e. The van der Waals surface area contributed by atoms with E-state index in [0.29, 0.717) is 23.6 Å². The van der Waals surface area contributed by atoms with E-state index in [2.05, 4.69) is 11.4 Å². The number of phenolic OH excluding ortho intramolecular Hbond substituents is 1. The van der Waals surface area contributed by atoms with Crippen LogP contribution in [0, 0.1) is 11.3 Å². The number of nitriles is 1. The largest absolute Gasteiger partial charge is 0.506 e. The summed E-state index contributed by atoms with van der Waals surface area (Å²) in [6.45, 7) is 2.44. The molecule has 1 aromatic rings. The highest BCUT2D eigenvalue weighted by molar-refractivity contribution is 6.35. The van der Waals surface area contributed by atoms with Gasteiger partial charge in [0.15, 0.2) is 0 Å². The molecule has 0 spiro atoms. The highest BCUT2D eigenvalue weighted by Gasteiger charge is 2.10. The third-order valence-electron chi connectivity index (χ3n) is 2.52. The van der Waals surface area contributed by atoms with Gasteiger partial charge in [0.05, 0.1) is 17.5 Å². The summed E-state index contributed by atoms with van der Waals surface area (Å²) in [6, 6.07) is 5.38. The first-order chi connectivity index (χ1) is 8.08. The minimum atomic E-state index is 0.0374. The van der Waals surface area contributed by atoms with Gasteiger partial charge in [-0.2, -0.15) is 5.26 Å². The summed E-state index contributed by atoms with van der Waals surface area (Å²) in [7, 11) is 0. The zero-order valence-corrected chi connectivity index (χ0v) is 11.0. The third kappa shape index (κ3) is 4.08. The van der Waals surface area contributed by atoms with Crippen molar-refractivity contribution in [2.75, 3.05) is 0 Å². The van der Waals surface area contributed by atoms with Crippen molar-refractivity contribution in [3.05, 3.63) is 27.7 Å². The van der Waals surface area contributed by atoms with E-state index < -0.39 is 0 Å². The normalized spacial score (nSPS) is 12.1. The predicted octanol–water partition coefficient (Wildman–Crippen LogP) is 3.48. The van der Waals surface area contributed by atoms with Gasteiger partial charge in [-0.15, -0.1) is 0 Å². The SMILES string of the molecule is CCC(CC#N)NCc1cc(Cl)cc(Cl)c1O. The van der Waals surface area contributed by atoms with Crippen LogP contribution in [0.5, 0.6) is 5.75 Å². The lowest BCUT2D eigenvalue weighted by Gasteiger charge is -2.14. The monoisotopic (exact) mass is 272 g/mol. The summed E-state index contributed by atoms with van der Waals surface area (Å²) in [5.74, 6) is 0.0374. The molecule has 5 heteroatoms. The van der Waals surface area contributed by atoms with Crippen LogP contribution in [0.15, 0.2) is 12.1 Å². The molecule has 0 bridgehead atoms. The van der Waals surface area contributed by atoms with Crippen molar-refractivity contribution >= 4 is 23.2 Å². The average Bonchev–Trinajstić information content (AvgIpc) is 2.30. The molecule has 0 radical (unpaired) electrons. The van der Waals surface area contributed by atoms with E-state index in [1.165, 1.54) is 6.07 Å². The Morgan fingerprint density at radius 1 is 1.47 bits per heavy atom. The number of hydrogen-bond acceptors (Lipinski definition) is 3. The van der Waals surface area contributed by atoms with E-state index >= 15 is 0 Å². The summed E-state index contributed by atoms with van der Waals surface area (Å²) in [6.07, 6.45) is 1.29. The first kappa shape index (κ1) is 14.1. The Kier molecular flexibility index (Phi) is 5.57. The number of hydrogen-bond donors (Lipinski definition) is 2. The van der Waals surface area contributed by atoms with E-state index in [1.54, 1.807) is 6.07 Å². The summed E-state index contributed by atoms with van der Waals surface area (Å²) in [4.78, 5) is 0. The molecule has 0 fully saturated rings. The molecule has 1 atom stereocenters. The Morgan fingerprint density at radius 3 is 2.76 bits per heavy atom. The van der Waals surface area contributed by atoms with Gasteiger partial charge in [-0.05, 0) is 18.6 Å². The third-order valence-corrected chi connectivity index (χ3v) is 3.03. The van der Waals surface area contributed by atoms with Gasteiger partial charge in [-0.1, -0.05) is 30.1 Å². The molecule has 17 heavy (non-hydrogen) atoms. The van der Waals surface area contributed by atoms with E-state index in [0.717, 1.165) is 6.42 Å². The van der Waals surface area contributed by atoms with Crippen molar-refractivity contribution in [3.8, 4) is 11.8 Å². The summed E-state index contributed by atoms with van der Waals surface area (Å²) in [5.41, 5.74) is 0.638. The number of halogens is 2. The first-order valence-corrected chi connectivity index (χ1v) is 6.11. The van der Waals surface area contributed by atoms with Gasteiger partial charge in [0.2, 0.25) is 0 Å². The highest BCUT2D eigenvalue weighted by atomic mass is 35.5. The van der Waals surface area contributed by atoms with Crippen LogP contribution in [0.4, 0.5) is 0 Å². The second-order valence-corrected chi connectivity index (χ2v) is 4.59. The number of nitrogens with one attached hydrogen (secondary N) is 1. The quantitative estimate of drug-likeness (QED) is 0.863. The minimum Gasteiger partial charge on any atom is -0.506 e. The Bertz CT molecular complexity index is 429. The zero-order chi connectivity index (χ0) is 12.8. The molecule has 0 saturated carbocycles. The molecule has 0 amide bonds. The number of nitrogens with zero attached hydrogens (tertiary/aromatic N) is 1. The summed E-state index contributed by atoms with van der Waals surface area (Å²) < 4.78 is 0. The molecular formula is C12H14Cl2N2O. The Hall–Kier alpha value is -0.950. The number of aromatic hydroxyl groups is 1. The van der Waals surface area contributed by atoms with Crippen molar-refractivity contribution in [3.63, 3.8) is 0 Å². The van der Waals surface area contributed by atoms with E-state index in [-0.39, 0.29) is 16.8 Å². The Labute approximate surface area is 111 Å². The molecule has 1 rings (SSSR count). The lowest BCUT2D eigenvalue weighted by atomic mass is 10.1. The van der Waals surface area contributed by atoms with E-state index in [1.807, 2.05) is 6.92 Å². The standard InChI is InChI=1S/C12H14Cl2N2O/c1-2-10(3-4-15)16-7-8-5-9(13)6-11(14)12(8)17/h5-6,10,16-17H,2-3,7H2,1H3. The predicted molar refractivity (Wildman–Crippen MR) is 69.3 cm³/mol. The average molecular weight is 273 g/mol. The van der Waals surface area contributed by atoms with Crippen LogP contribution in [0.3, 0.4) is 0 Å². The zero-order valence-electron chi connectivity index (χ0n) is 9.50. The summed E-state index contributed by atoms with van der Waals surface area (Å²) in [5, 5.41) is 22.3. The second kappa shape index (κ2) is 6.70. The fourth-order valence-electron chi connectivity index (χ4n) is 1.48. The van der Waals surface area contributed by atoms with Crippen LogP contribution < -0.4 is 5.32 Å². The number of phenols is 1. The lowest BCUT2D eigenvalue weighted by molar-refractivity contribution is 0.453. The summed E-state index contributed by atoms with van der Waals surface area (Å²) >= 11 is 11.7. The molecule has 92 valence electrons. The van der Waals surface area contributed by atoms with E-state index in [9.17, 15) is 5.11 Å². The van der Waals surface area contributed by atoms with Crippen LogP contribution >= 0.6 is 23.2 Å². The molecule has 0 aromatic heterocycles.